The SMILES string of the molecule is COc1ccc([Si](C)(C)[C@@H]2[C@@H](CC(=O)N3Cc4ccccc4C[C@H]3CO)O[C@]3(C(=O)N(Cc4cccc(-n5[nH]c6ccccc6c5=O)c4)c4ccc(Cl)cc43)[C@H]2C)cc1. The lowest BCUT2D eigenvalue weighted by Gasteiger charge is -2.39. The summed E-state index contributed by atoms with van der Waals surface area (Å²) in [6.45, 7) is 7.13. The van der Waals surface area contributed by atoms with Gasteiger partial charge in [0.2, 0.25) is 5.91 Å². The third kappa shape index (κ3) is 6.42. The third-order valence-corrected chi connectivity index (χ3v) is 17.8. The number of aliphatic hydroxyl groups is 1. The van der Waals surface area contributed by atoms with Crippen molar-refractivity contribution < 1.29 is 24.2 Å². The number of nitrogens with zero attached hydrogens (tertiary/aromatic N) is 3. The van der Waals surface area contributed by atoms with Crippen molar-refractivity contribution in [2.24, 2.45) is 5.92 Å². The molecule has 6 aromatic rings. The molecule has 5 atom stereocenters. The number of halogens is 1. The van der Waals surface area contributed by atoms with E-state index in [1.807, 2.05) is 84.9 Å². The summed E-state index contributed by atoms with van der Waals surface area (Å²) in [6.07, 6.45) is -0.00688. The zero-order valence-electron chi connectivity index (χ0n) is 33.5. The number of para-hydroxylation sites is 1. The first kappa shape index (κ1) is 39.0. The summed E-state index contributed by atoms with van der Waals surface area (Å²) in [7, 11) is -0.921. The molecule has 12 heteroatoms. The molecule has 1 aromatic heterocycles. The first-order chi connectivity index (χ1) is 28.4. The van der Waals surface area contributed by atoms with Crippen LogP contribution >= 0.6 is 11.6 Å². The molecule has 3 aliphatic rings. The second kappa shape index (κ2) is 15.0. The first-order valence-electron chi connectivity index (χ1n) is 20.1. The first-order valence-corrected chi connectivity index (χ1v) is 23.6. The number of hydrogen-bond acceptors (Lipinski definition) is 6. The summed E-state index contributed by atoms with van der Waals surface area (Å²) in [5.74, 6) is 0.0670. The fraction of sp³-hybridized carbons (Fsp3) is 0.298. The predicted molar refractivity (Wildman–Crippen MR) is 232 cm³/mol. The predicted octanol–water partition coefficient (Wildman–Crippen LogP) is 7.08. The Bertz CT molecular complexity index is 2660. The Balaban J connectivity index is 1.10. The largest absolute Gasteiger partial charge is 0.497 e. The van der Waals surface area contributed by atoms with Crippen molar-refractivity contribution in [2.45, 2.75) is 69.2 Å². The van der Waals surface area contributed by atoms with Crippen LogP contribution in [0.15, 0.2) is 120 Å². The molecular formula is C47H47ClN4O6Si. The highest BCUT2D eigenvalue weighted by Crippen LogP contribution is 2.60. The fourth-order valence-corrected chi connectivity index (χ4v) is 14.4. The lowest BCUT2D eigenvalue weighted by atomic mass is 9.82. The molecule has 0 unspecified atom stereocenters. The number of carbonyl (C=O) groups is 2. The number of anilines is 1. The zero-order chi connectivity index (χ0) is 41.2. The number of benzene rings is 5. The number of nitrogens with one attached hydrogen (secondary N) is 1. The van der Waals surface area contributed by atoms with Gasteiger partial charge in [0.1, 0.15) is 5.75 Å². The summed E-state index contributed by atoms with van der Waals surface area (Å²) >= 11 is 6.76. The van der Waals surface area contributed by atoms with E-state index in [9.17, 15) is 14.7 Å². The number of hydrogen-bond donors (Lipinski definition) is 2. The second-order valence-electron chi connectivity index (χ2n) is 16.7. The van der Waals surface area contributed by atoms with Crippen molar-refractivity contribution in [1.29, 1.82) is 0 Å². The Hall–Kier alpha value is -5.46. The number of rotatable bonds is 9. The summed E-state index contributed by atoms with van der Waals surface area (Å²) in [5.41, 5.74) is 4.02. The van der Waals surface area contributed by atoms with Crippen molar-refractivity contribution in [3.8, 4) is 11.4 Å². The Kier molecular flexibility index (Phi) is 9.90. The number of aliphatic hydroxyl groups excluding tert-OH is 1. The van der Waals surface area contributed by atoms with E-state index in [-0.39, 0.29) is 54.4 Å². The molecule has 1 spiro atoms. The van der Waals surface area contributed by atoms with Crippen LogP contribution in [-0.2, 0) is 39.4 Å². The molecule has 9 rings (SSSR count). The van der Waals surface area contributed by atoms with Gasteiger partial charge in [0, 0.05) is 23.0 Å². The number of fused-ring (bicyclic) bond motifs is 4. The van der Waals surface area contributed by atoms with E-state index in [4.69, 9.17) is 21.1 Å². The maximum absolute atomic E-state index is 15.5. The van der Waals surface area contributed by atoms with E-state index in [0.717, 1.165) is 33.1 Å². The van der Waals surface area contributed by atoms with Crippen LogP contribution in [0.4, 0.5) is 5.69 Å². The van der Waals surface area contributed by atoms with Gasteiger partial charge in [-0.05, 0) is 83.2 Å². The van der Waals surface area contributed by atoms with Crippen LogP contribution in [0, 0.1) is 5.92 Å². The number of carbonyl (C=O) groups excluding carboxylic acids is 2. The van der Waals surface area contributed by atoms with Gasteiger partial charge in [0.05, 0.1) is 69.2 Å². The van der Waals surface area contributed by atoms with Gasteiger partial charge in [-0.2, -0.15) is 0 Å². The molecule has 59 heavy (non-hydrogen) atoms. The van der Waals surface area contributed by atoms with E-state index in [0.29, 0.717) is 40.3 Å². The standard InChI is InChI=1S/C47H47ClN4O6Si/c1-29-44(59(3,4)37-19-17-36(57-2)18-20-37)42(25-43(54)50-27-32-12-6-5-11-31(32)23-35(50)28-53)58-47(29)39-24-33(48)16-21-41(39)51(46(47)56)26-30-10-9-13-34(22-30)52-45(55)38-14-7-8-15-40(38)49-52/h5-22,24,29,35,42,44,49,53H,23,25-28H2,1-4H3/t29-,35-,42+,44-,47+/m0/s1. The topological polar surface area (TPSA) is 117 Å². The Morgan fingerprint density at radius 3 is 2.44 bits per heavy atom. The van der Waals surface area contributed by atoms with Gasteiger partial charge in [0.25, 0.3) is 11.5 Å². The minimum atomic E-state index is -2.57. The van der Waals surface area contributed by atoms with Crippen molar-refractivity contribution >= 4 is 53.3 Å². The van der Waals surface area contributed by atoms with Crippen molar-refractivity contribution in [1.82, 2.24) is 14.7 Å². The molecule has 0 saturated carbocycles. The molecule has 4 heterocycles. The highest BCUT2D eigenvalue weighted by molar-refractivity contribution is 6.91. The Morgan fingerprint density at radius 2 is 1.69 bits per heavy atom. The molecule has 0 bridgehead atoms. The third-order valence-electron chi connectivity index (χ3n) is 13.2. The van der Waals surface area contributed by atoms with Gasteiger partial charge in [-0.15, -0.1) is 0 Å². The van der Waals surface area contributed by atoms with Gasteiger partial charge in [0.15, 0.2) is 5.60 Å². The van der Waals surface area contributed by atoms with Gasteiger partial charge in [-0.1, -0.05) is 97.5 Å². The Morgan fingerprint density at radius 1 is 0.949 bits per heavy atom. The van der Waals surface area contributed by atoms with E-state index < -0.39 is 19.8 Å². The van der Waals surface area contributed by atoms with Crippen molar-refractivity contribution in [3.05, 3.63) is 153 Å². The van der Waals surface area contributed by atoms with E-state index in [1.165, 1.54) is 4.68 Å². The molecule has 302 valence electrons. The van der Waals surface area contributed by atoms with Gasteiger partial charge >= 0.3 is 0 Å². The van der Waals surface area contributed by atoms with Crippen LogP contribution in [0.1, 0.15) is 35.6 Å². The molecule has 3 aliphatic heterocycles. The van der Waals surface area contributed by atoms with Gasteiger partial charge < -0.3 is 24.4 Å². The van der Waals surface area contributed by atoms with Gasteiger partial charge in [-0.3, -0.25) is 19.5 Å². The molecule has 1 saturated heterocycles. The fourth-order valence-electron chi connectivity index (χ4n) is 10.2. The normalized spacial score (nSPS) is 22.6. The maximum Gasteiger partial charge on any atom is 0.279 e. The summed E-state index contributed by atoms with van der Waals surface area (Å²) in [4.78, 5) is 47.0. The smallest absolute Gasteiger partial charge is 0.279 e. The highest BCUT2D eigenvalue weighted by Gasteiger charge is 2.66. The molecule has 0 radical (unpaired) electrons. The quantitative estimate of drug-likeness (QED) is 0.151. The number of aromatic amines is 1. The van der Waals surface area contributed by atoms with E-state index >= 15 is 4.79 Å². The summed E-state index contributed by atoms with van der Waals surface area (Å²) in [5, 5.41) is 16.0. The average Bonchev–Trinajstić information content (AvgIpc) is 3.83. The Labute approximate surface area is 348 Å². The summed E-state index contributed by atoms with van der Waals surface area (Å²) < 4.78 is 14.3. The number of methoxy groups -OCH3 is 1. The average molecular weight is 827 g/mol. The summed E-state index contributed by atoms with van der Waals surface area (Å²) in [6, 6.07) is 36.3. The number of amides is 2. The van der Waals surface area contributed by atoms with Crippen LogP contribution in [0.25, 0.3) is 16.6 Å². The number of H-pyrrole nitrogens is 1. The van der Waals surface area contributed by atoms with E-state index in [1.54, 1.807) is 29.0 Å². The zero-order valence-corrected chi connectivity index (χ0v) is 35.3. The van der Waals surface area contributed by atoms with Crippen LogP contribution in [0.3, 0.4) is 0 Å². The molecule has 1 fully saturated rings. The molecule has 5 aromatic carbocycles. The minimum absolute atomic E-state index is 0.0481. The van der Waals surface area contributed by atoms with Gasteiger partial charge in [-0.25, -0.2) is 4.68 Å². The van der Waals surface area contributed by atoms with Crippen LogP contribution in [-0.4, -0.2) is 65.5 Å². The molecule has 2 N–H and O–H groups in total. The maximum atomic E-state index is 15.5. The molecular weight excluding hydrogens is 780 g/mol. The highest BCUT2D eigenvalue weighted by atomic mass is 35.5. The lowest BCUT2D eigenvalue weighted by molar-refractivity contribution is -0.151. The minimum Gasteiger partial charge on any atom is -0.497 e. The van der Waals surface area contributed by atoms with Crippen LogP contribution in [0.5, 0.6) is 5.75 Å². The lowest BCUT2D eigenvalue weighted by Crippen LogP contribution is -2.52. The van der Waals surface area contributed by atoms with E-state index in [2.05, 4.69) is 43.3 Å². The molecule has 0 aliphatic carbocycles. The van der Waals surface area contributed by atoms with Crippen LogP contribution in [0.2, 0.25) is 23.7 Å². The second-order valence-corrected chi connectivity index (χ2v) is 21.8. The van der Waals surface area contributed by atoms with Crippen molar-refractivity contribution in [2.75, 3.05) is 18.6 Å². The molecule has 2 amide bonds. The molecule has 10 nitrogen and oxygen atoms in total. The number of ether oxygens (including phenoxy) is 2. The van der Waals surface area contributed by atoms with Crippen LogP contribution < -0.4 is 20.4 Å². The number of aromatic nitrogens is 2. The van der Waals surface area contributed by atoms with Crippen molar-refractivity contribution in [3.63, 3.8) is 0 Å². The monoisotopic (exact) mass is 826 g/mol.